The summed E-state index contributed by atoms with van der Waals surface area (Å²) >= 11 is 6.02. The molecule has 2 aromatic heterocycles. The molecule has 2 aromatic rings. The highest BCUT2D eigenvalue weighted by atomic mass is 35.5. The number of piperidine rings is 1. The van der Waals surface area contributed by atoms with Crippen molar-refractivity contribution in [3.63, 3.8) is 0 Å². The van der Waals surface area contributed by atoms with E-state index in [0.717, 1.165) is 17.8 Å². The molecule has 5 nitrogen and oxygen atoms in total. The van der Waals surface area contributed by atoms with Crippen LogP contribution in [0.15, 0.2) is 36.8 Å². The minimum absolute atomic E-state index is 0.0390. The highest BCUT2D eigenvalue weighted by Crippen LogP contribution is 2.34. The Labute approximate surface area is 165 Å². The minimum Gasteiger partial charge on any atom is -0.355 e. The van der Waals surface area contributed by atoms with Gasteiger partial charge in [0.05, 0.1) is 16.6 Å². The van der Waals surface area contributed by atoms with Gasteiger partial charge >= 0.3 is 6.18 Å². The van der Waals surface area contributed by atoms with Crippen LogP contribution in [0.3, 0.4) is 0 Å². The Balaban J connectivity index is 1.58. The quantitative estimate of drug-likeness (QED) is 0.816. The third-order valence-electron chi connectivity index (χ3n) is 4.86. The predicted octanol–water partition coefficient (Wildman–Crippen LogP) is 4.24. The Hall–Kier alpha value is -2.35. The molecule has 0 unspecified atom stereocenters. The molecule has 0 spiro atoms. The summed E-state index contributed by atoms with van der Waals surface area (Å²) in [5.41, 5.74) is 0.0499. The van der Waals surface area contributed by atoms with Gasteiger partial charge in [-0.1, -0.05) is 17.7 Å². The van der Waals surface area contributed by atoms with Crippen molar-refractivity contribution in [3.05, 3.63) is 52.9 Å². The minimum atomic E-state index is -4.48. The maximum absolute atomic E-state index is 12.7. The third-order valence-corrected chi connectivity index (χ3v) is 5.14. The van der Waals surface area contributed by atoms with Crippen molar-refractivity contribution >= 4 is 23.3 Å². The summed E-state index contributed by atoms with van der Waals surface area (Å²) in [6.45, 7) is 2.89. The molecule has 1 atom stereocenters. The fraction of sp³-hybridized carbons (Fsp3) is 0.421. The van der Waals surface area contributed by atoms with E-state index in [1.165, 1.54) is 0 Å². The van der Waals surface area contributed by atoms with E-state index in [0.29, 0.717) is 31.7 Å². The second-order valence-corrected chi connectivity index (χ2v) is 7.21. The Bertz CT molecular complexity index is 824. The second kappa shape index (κ2) is 8.34. The van der Waals surface area contributed by atoms with Crippen LogP contribution in [-0.4, -0.2) is 29.0 Å². The highest BCUT2D eigenvalue weighted by molar-refractivity contribution is 6.33. The molecule has 0 radical (unpaired) electrons. The highest BCUT2D eigenvalue weighted by Gasteiger charge is 2.33. The predicted molar refractivity (Wildman–Crippen MR) is 100.0 cm³/mol. The maximum Gasteiger partial charge on any atom is 0.417 e. The van der Waals surface area contributed by atoms with Crippen molar-refractivity contribution in [1.82, 2.24) is 15.3 Å². The van der Waals surface area contributed by atoms with Gasteiger partial charge in [0.1, 0.15) is 5.82 Å². The molecule has 1 amide bonds. The van der Waals surface area contributed by atoms with Gasteiger partial charge in [-0.15, -0.1) is 0 Å². The first-order chi connectivity index (χ1) is 13.3. The van der Waals surface area contributed by atoms with Crippen LogP contribution in [0.25, 0.3) is 0 Å². The largest absolute Gasteiger partial charge is 0.417 e. The smallest absolute Gasteiger partial charge is 0.355 e. The first-order valence-electron chi connectivity index (χ1n) is 8.93. The summed E-state index contributed by atoms with van der Waals surface area (Å²) in [5, 5.41) is 2.95. The number of amides is 1. The van der Waals surface area contributed by atoms with Crippen LogP contribution in [0.1, 0.15) is 36.9 Å². The van der Waals surface area contributed by atoms with Crippen molar-refractivity contribution in [1.29, 1.82) is 0 Å². The van der Waals surface area contributed by atoms with Crippen LogP contribution in [0.2, 0.25) is 5.02 Å². The average molecular weight is 413 g/mol. The Kier molecular flexibility index (Phi) is 6.07. The molecule has 9 heteroatoms. The molecule has 1 aliphatic rings. The normalized spacial score (nSPS) is 16.7. The summed E-state index contributed by atoms with van der Waals surface area (Å²) in [7, 11) is 0. The number of anilines is 1. The summed E-state index contributed by atoms with van der Waals surface area (Å²) in [6.07, 6.45) is 0.843. The topological polar surface area (TPSA) is 58.1 Å². The van der Waals surface area contributed by atoms with E-state index in [1.54, 1.807) is 12.4 Å². The zero-order chi connectivity index (χ0) is 20.3. The molecule has 1 fully saturated rings. The molecule has 0 bridgehead atoms. The van der Waals surface area contributed by atoms with Crippen LogP contribution in [0, 0.1) is 5.92 Å². The lowest BCUT2D eigenvalue weighted by atomic mass is 9.95. The molecule has 28 heavy (non-hydrogen) atoms. The number of halogens is 4. The van der Waals surface area contributed by atoms with Gasteiger partial charge in [-0.25, -0.2) is 4.98 Å². The van der Waals surface area contributed by atoms with E-state index in [4.69, 9.17) is 11.6 Å². The number of aromatic nitrogens is 2. The average Bonchev–Trinajstić information content (AvgIpc) is 2.68. The van der Waals surface area contributed by atoms with Crippen molar-refractivity contribution in [3.8, 4) is 0 Å². The Morgan fingerprint density at radius 3 is 2.61 bits per heavy atom. The Morgan fingerprint density at radius 2 is 2.04 bits per heavy atom. The number of nitrogens with one attached hydrogen (secondary N) is 1. The number of hydrogen-bond donors (Lipinski definition) is 1. The lowest BCUT2D eigenvalue weighted by molar-refractivity contribution is -0.137. The monoisotopic (exact) mass is 412 g/mol. The van der Waals surface area contributed by atoms with Gasteiger partial charge in [0.2, 0.25) is 5.91 Å². The summed E-state index contributed by atoms with van der Waals surface area (Å²) in [5.74, 6) is 0.114. The zero-order valence-electron chi connectivity index (χ0n) is 15.2. The van der Waals surface area contributed by atoms with Gasteiger partial charge in [0, 0.05) is 37.6 Å². The lowest BCUT2D eigenvalue weighted by Crippen LogP contribution is -2.41. The molecule has 3 rings (SSSR count). The number of hydrogen-bond acceptors (Lipinski definition) is 4. The van der Waals surface area contributed by atoms with E-state index < -0.39 is 11.7 Å². The fourth-order valence-electron chi connectivity index (χ4n) is 3.22. The first kappa shape index (κ1) is 20.4. The summed E-state index contributed by atoms with van der Waals surface area (Å²) < 4.78 is 38.2. The van der Waals surface area contributed by atoms with E-state index >= 15 is 0 Å². The molecule has 0 saturated carbocycles. The van der Waals surface area contributed by atoms with E-state index in [-0.39, 0.29) is 22.9 Å². The second-order valence-electron chi connectivity index (χ2n) is 6.81. The van der Waals surface area contributed by atoms with E-state index in [1.807, 2.05) is 24.0 Å². The first-order valence-corrected chi connectivity index (χ1v) is 9.31. The van der Waals surface area contributed by atoms with Crippen molar-refractivity contribution in [2.75, 3.05) is 18.0 Å². The standard InChI is InChI=1S/C19H20ClF3N4O/c1-12(14-3-2-6-24-10-14)26-18(28)13-4-7-27(8-5-13)17-16(20)9-15(11-25-17)19(21,22)23/h2-3,6,9-13H,4-5,7-8H2,1H3,(H,26,28)/t12-/m0/s1. The van der Waals surface area contributed by atoms with Crippen LogP contribution in [0.5, 0.6) is 0 Å². The number of rotatable bonds is 4. The van der Waals surface area contributed by atoms with Crippen molar-refractivity contribution in [2.45, 2.75) is 32.0 Å². The molecular weight excluding hydrogens is 393 g/mol. The van der Waals surface area contributed by atoms with Crippen LogP contribution >= 0.6 is 11.6 Å². The summed E-state index contributed by atoms with van der Waals surface area (Å²) in [6, 6.07) is 4.46. The third kappa shape index (κ3) is 4.73. The molecule has 1 saturated heterocycles. The van der Waals surface area contributed by atoms with Gasteiger partial charge < -0.3 is 10.2 Å². The molecule has 1 aliphatic heterocycles. The maximum atomic E-state index is 12.7. The van der Waals surface area contributed by atoms with Crippen LogP contribution in [0.4, 0.5) is 19.0 Å². The molecule has 150 valence electrons. The number of pyridine rings is 2. The molecule has 3 heterocycles. The zero-order valence-corrected chi connectivity index (χ0v) is 16.0. The molecule has 1 N–H and O–H groups in total. The number of alkyl halides is 3. The van der Waals surface area contributed by atoms with Gasteiger partial charge in [-0.05, 0) is 37.5 Å². The van der Waals surface area contributed by atoms with Crippen molar-refractivity contribution in [2.24, 2.45) is 5.92 Å². The molecular formula is C19H20ClF3N4O. The van der Waals surface area contributed by atoms with Crippen LogP contribution in [-0.2, 0) is 11.0 Å². The number of carbonyl (C=O) groups is 1. The number of carbonyl (C=O) groups excluding carboxylic acids is 1. The SMILES string of the molecule is C[C@H](NC(=O)C1CCN(c2ncc(C(F)(F)F)cc2Cl)CC1)c1cccnc1. The number of nitrogens with zero attached hydrogens (tertiary/aromatic N) is 3. The van der Waals surface area contributed by atoms with E-state index in [2.05, 4.69) is 15.3 Å². The molecule has 0 aromatic carbocycles. The van der Waals surface area contributed by atoms with Crippen LogP contribution < -0.4 is 10.2 Å². The fourth-order valence-corrected chi connectivity index (χ4v) is 3.50. The molecule has 0 aliphatic carbocycles. The van der Waals surface area contributed by atoms with Gasteiger partial charge in [0.15, 0.2) is 0 Å². The summed E-state index contributed by atoms with van der Waals surface area (Å²) in [4.78, 5) is 22.3. The van der Waals surface area contributed by atoms with Gasteiger partial charge in [-0.2, -0.15) is 13.2 Å². The Morgan fingerprint density at radius 1 is 1.32 bits per heavy atom. The van der Waals surface area contributed by atoms with Gasteiger partial charge in [-0.3, -0.25) is 9.78 Å². The van der Waals surface area contributed by atoms with Gasteiger partial charge in [0.25, 0.3) is 0 Å². The van der Waals surface area contributed by atoms with Crippen molar-refractivity contribution < 1.29 is 18.0 Å². The lowest BCUT2D eigenvalue weighted by Gasteiger charge is -2.33. The van der Waals surface area contributed by atoms with E-state index in [9.17, 15) is 18.0 Å².